The average molecular weight is 905 g/mol. The van der Waals surface area contributed by atoms with Crippen LogP contribution in [0.15, 0.2) is 103 Å². The van der Waals surface area contributed by atoms with Crippen molar-refractivity contribution in [3.05, 3.63) is 148 Å². The minimum atomic E-state index is -5.13. The molecule has 0 fully saturated rings. The molecule has 1 atom stereocenters. The maximum absolute atomic E-state index is 6.01. The topological polar surface area (TPSA) is 0 Å². The molecule has 0 aromatic heterocycles. The van der Waals surface area contributed by atoms with E-state index in [4.69, 9.17) is 4.21 Å². The van der Waals surface area contributed by atoms with E-state index in [1.165, 1.54) is 78.9 Å². The summed E-state index contributed by atoms with van der Waals surface area (Å²) in [5, 5.41) is 0. The molecule has 1 unspecified atom stereocenters. The summed E-state index contributed by atoms with van der Waals surface area (Å²) in [6.45, 7) is 38.2. The molecule has 0 bridgehead atoms. The number of fused-ring (bicyclic) bond motifs is 5. The fraction of sp³-hybridized carbons (Fsp3) is 0.411. The van der Waals surface area contributed by atoms with Gasteiger partial charge in [-0.1, -0.05) is 0 Å². The van der Waals surface area contributed by atoms with Gasteiger partial charge in [-0.3, -0.25) is 0 Å². The van der Waals surface area contributed by atoms with E-state index >= 15 is 0 Å². The van der Waals surface area contributed by atoms with Crippen LogP contribution >= 0.6 is 24.8 Å². The molecule has 0 N–H and O–H groups in total. The molecule has 0 saturated carbocycles. The molecule has 0 radical (unpaired) electrons. The van der Waals surface area contributed by atoms with E-state index in [2.05, 4.69) is 202 Å². The molecule has 4 aliphatic carbocycles. The Morgan fingerprint density at radius 2 is 1.07 bits per heavy atom. The third-order valence-corrected chi connectivity index (χ3v) is 32.7. The van der Waals surface area contributed by atoms with E-state index < -0.39 is 18.3 Å². The van der Waals surface area contributed by atoms with Crippen molar-refractivity contribution >= 4 is 46.7 Å². The number of rotatable bonds is 4. The maximum atomic E-state index is 6.01. The van der Waals surface area contributed by atoms with Gasteiger partial charge in [0.05, 0.1) is 0 Å². The van der Waals surface area contributed by atoms with Crippen molar-refractivity contribution in [1.29, 1.82) is 0 Å². The van der Waals surface area contributed by atoms with E-state index in [1.807, 2.05) is 0 Å². The van der Waals surface area contributed by atoms with Crippen LogP contribution in [0.25, 0.3) is 22.3 Å². The molecule has 0 amide bonds. The van der Waals surface area contributed by atoms with Gasteiger partial charge in [-0.2, -0.15) is 0 Å². The summed E-state index contributed by atoms with van der Waals surface area (Å²) >= 11 is -5.13. The van der Waals surface area contributed by atoms with Crippen LogP contribution in [-0.4, -0.2) is 4.21 Å². The van der Waals surface area contributed by atoms with Crippen LogP contribution in [0.5, 0.6) is 0 Å². The summed E-state index contributed by atoms with van der Waals surface area (Å²) < 4.78 is 12.1. The number of hydrogen-bond acceptors (Lipinski definition) is 0. The van der Waals surface area contributed by atoms with E-state index in [9.17, 15) is 0 Å². The predicted octanol–water partition coefficient (Wildman–Crippen LogP) is 14.7. The van der Waals surface area contributed by atoms with E-state index in [-0.39, 0.29) is 57.8 Å². The third-order valence-electron chi connectivity index (χ3n) is 15.0. The number of allylic oxidation sites excluding steroid dienone is 8. The predicted molar refractivity (Wildman–Crippen MR) is 263 cm³/mol. The molecule has 3 heteroatoms. The molecule has 59 heavy (non-hydrogen) atoms. The van der Waals surface area contributed by atoms with E-state index in [0.29, 0.717) is 0 Å². The van der Waals surface area contributed by atoms with Gasteiger partial charge in [0, 0.05) is 0 Å². The summed E-state index contributed by atoms with van der Waals surface area (Å²) in [6, 6.07) is 30.1. The van der Waals surface area contributed by atoms with E-state index in [1.54, 1.807) is 6.56 Å². The van der Waals surface area contributed by atoms with Gasteiger partial charge < -0.3 is 0 Å². The van der Waals surface area contributed by atoms with Crippen molar-refractivity contribution in [2.24, 2.45) is 11.3 Å². The zero-order valence-corrected chi connectivity index (χ0v) is 43.1. The van der Waals surface area contributed by atoms with Crippen molar-refractivity contribution in [2.45, 2.75) is 139 Å². The summed E-state index contributed by atoms with van der Waals surface area (Å²) in [5.74, 6) is 0.270. The first-order valence-electron chi connectivity index (χ1n) is 21.7. The van der Waals surface area contributed by atoms with Crippen LogP contribution in [0.1, 0.15) is 155 Å². The van der Waals surface area contributed by atoms with Gasteiger partial charge in [0.2, 0.25) is 0 Å². The molecule has 0 heterocycles. The SMILES string of the molecule is Cl.Cl.[CH2]=[Zr]([C]1=CC(C(C)(C)C)=CC1C)([C]1=C(C)c2cc3c(cc2C1(C)C)Cc1cc2c(cc1-3)C(C)=CC2(C)C)([c]1ccc(C(C)(C)C)cc1)[c]1ccc(C(C)(C)C)cc1. The normalized spacial score (nSPS) is 19.2. The molecule has 8 rings (SSSR count). The zero-order valence-electron chi connectivity index (χ0n) is 39.0. The van der Waals surface area contributed by atoms with Gasteiger partial charge in [0.1, 0.15) is 0 Å². The standard InChI is InChI=1S/C25H25.C10H15.2C10H13.CH2.2ClH.Zr/c1-14-12-24(3,4)22-8-16-7-17-9-23-19(15(2)13-25(23,5)6)11-21(17)20(16)10-18(14)22;1-8-5-6-9(7-8)10(2,3)4;2*1-10(2,3)9-7-5-4-6-8-9;;;;/h8-12H,7H2,1-6H3;6-8H,1-4H3;2*5-8H,1-3H3;1H2;2*1H;. The third kappa shape index (κ3) is 6.56. The summed E-state index contributed by atoms with van der Waals surface area (Å²) in [4.78, 5) is 0. The van der Waals surface area contributed by atoms with Crippen LogP contribution in [-0.2, 0) is 46.4 Å². The Bertz CT molecular complexity index is 2530. The zero-order chi connectivity index (χ0) is 41.7. The van der Waals surface area contributed by atoms with Crippen LogP contribution in [0.3, 0.4) is 0 Å². The van der Waals surface area contributed by atoms with Crippen molar-refractivity contribution in [3.8, 4) is 11.1 Å². The summed E-state index contributed by atoms with van der Waals surface area (Å²) in [5.41, 5.74) is 18.6. The Morgan fingerprint density at radius 3 is 1.51 bits per heavy atom. The molecular formula is C56H70Cl2Zr. The van der Waals surface area contributed by atoms with Crippen LogP contribution in [0.4, 0.5) is 0 Å². The second-order valence-electron chi connectivity index (χ2n) is 22.8. The van der Waals surface area contributed by atoms with Gasteiger partial charge in [-0.05, 0) is 0 Å². The van der Waals surface area contributed by atoms with Gasteiger partial charge >= 0.3 is 349 Å². The first-order chi connectivity index (χ1) is 26.2. The monoisotopic (exact) mass is 902 g/mol. The second kappa shape index (κ2) is 14.1. The van der Waals surface area contributed by atoms with Crippen LogP contribution in [0, 0.1) is 11.3 Å². The quantitative estimate of drug-likeness (QED) is 0.169. The van der Waals surface area contributed by atoms with Gasteiger partial charge in [0.25, 0.3) is 0 Å². The van der Waals surface area contributed by atoms with Crippen molar-refractivity contribution in [1.82, 2.24) is 0 Å². The fourth-order valence-corrected chi connectivity index (χ4v) is 30.9. The van der Waals surface area contributed by atoms with Crippen molar-refractivity contribution in [3.63, 3.8) is 0 Å². The Kier molecular flexibility index (Phi) is 10.9. The Labute approximate surface area is 371 Å². The second-order valence-corrected chi connectivity index (χ2v) is 35.5. The molecule has 4 aliphatic rings. The summed E-state index contributed by atoms with van der Waals surface area (Å²) in [7, 11) is 0. The Balaban J connectivity index is 0.00000293. The Hall–Kier alpha value is -2.83. The molecule has 0 nitrogen and oxygen atoms in total. The van der Waals surface area contributed by atoms with Crippen LogP contribution in [0.2, 0.25) is 0 Å². The number of hydrogen-bond donors (Lipinski definition) is 0. The number of benzene rings is 4. The first-order valence-corrected chi connectivity index (χ1v) is 28.3. The number of halogens is 2. The fourth-order valence-electron chi connectivity index (χ4n) is 12.0. The van der Waals surface area contributed by atoms with Crippen molar-refractivity contribution in [2.75, 3.05) is 0 Å². The van der Waals surface area contributed by atoms with Gasteiger partial charge in [-0.15, -0.1) is 24.8 Å². The molecule has 0 aliphatic heterocycles. The molecule has 4 aromatic rings. The minimum absolute atomic E-state index is 0. The van der Waals surface area contributed by atoms with Crippen LogP contribution < -0.4 is 6.54 Å². The van der Waals surface area contributed by atoms with Gasteiger partial charge in [-0.25, -0.2) is 0 Å². The average Bonchev–Trinajstić information content (AvgIpc) is 3.80. The Morgan fingerprint density at radius 1 is 0.610 bits per heavy atom. The first kappa shape index (κ1) is 45.7. The molecular weight excluding hydrogens is 835 g/mol. The van der Waals surface area contributed by atoms with E-state index in [0.717, 1.165) is 6.42 Å². The van der Waals surface area contributed by atoms with Crippen molar-refractivity contribution < 1.29 is 18.3 Å². The molecule has 312 valence electrons. The molecule has 0 saturated heterocycles. The van der Waals surface area contributed by atoms with Gasteiger partial charge in [0.15, 0.2) is 0 Å². The molecule has 0 spiro atoms. The summed E-state index contributed by atoms with van der Waals surface area (Å²) in [6.07, 6.45) is 8.67. The molecule has 4 aromatic carbocycles.